The highest BCUT2D eigenvalue weighted by Crippen LogP contribution is 2.30. The third-order valence-corrected chi connectivity index (χ3v) is 4.16. The standard InChI is InChI=1S/C20H17N5O2/c21-18-17-16(24-20(19(22)26)25(17)10-9-23-18)14-7-4-8-15(11-14)27-12-13-5-2-1-3-6-13/h1-11H,12H2,(H2,21,23)(H2,22,26). The second-order valence-electron chi connectivity index (χ2n) is 5.98. The molecule has 0 spiro atoms. The molecule has 0 atom stereocenters. The van der Waals surface area contributed by atoms with E-state index in [9.17, 15) is 4.79 Å². The molecule has 4 rings (SSSR count). The lowest BCUT2D eigenvalue weighted by Gasteiger charge is -2.08. The Morgan fingerprint density at radius 3 is 2.70 bits per heavy atom. The number of aromatic nitrogens is 3. The van der Waals surface area contributed by atoms with Gasteiger partial charge in [-0.25, -0.2) is 9.97 Å². The zero-order valence-electron chi connectivity index (χ0n) is 14.4. The van der Waals surface area contributed by atoms with Crippen molar-refractivity contribution >= 4 is 17.2 Å². The molecule has 2 heterocycles. The van der Waals surface area contributed by atoms with Crippen molar-refractivity contribution < 1.29 is 9.53 Å². The lowest BCUT2D eigenvalue weighted by atomic mass is 10.1. The van der Waals surface area contributed by atoms with Gasteiger partial charge in [-0.2, -0.15) is 0 Å². The quantitative estimate of drug-likeness (QED) is 0.569. The molecule has 0 aliphatic rings. The third-order valence-electron chi connectivity index (χ3n) is 4.16. The zero-order valence-corrected chi connectivity index (χ0v) is 14.4. The van der Waals surface area contributed by atoms with Gasteiger partial charge in [0.15, 0.2) is 0 Å². The molecule has 0 aliphatic heterocycles. The molecule has 0 radical (unpaired) electrons. The lowest BCUT2D eigenvalue weighted by Crippen LogP contribution is -2.15. The van der Waals surface area contributed by atoms with Crippen LogP contribution in [0.15, 0.2) is 67.0 Å². The molecular formula is C20H17N5O2. The molecule has 7 heteroatoms. The summed E-state index contributed by atoms with van der Waals surface area (Å²) in [6.07, 6.45) is 3.11. The average Bonchev–Trinajstić information content (AvgIpc) is 3.09. The van der Waals surface area contributed by atoms with E-state index in [1.165, 1.54) is 6.20 Å². The van der Waals surface area contributed by atoms with Gasteiger partial charge in [-0.05, 0) is 17.7 Å². The van der Waals surface area contributed by atoms with Crippen LogP contribution in [0.2, 0.25) is 0 Å². The van der Waals surface area contributed by atoms with Crippen molar-refractivity contribution in [3.05, 3.63) is 78.4 Å². The summed E-state index contributed by atoms with van der Waals surface area (Å²) in [4.78, 5) is 20.2. The first-order chi connectivity index (χ1) is 13.1. The summed E-state index contributed by atoms with van der Waals surface area (Å²) in [5, 5.41) is 0. The predicted molar refractivity (Wildman–Crippen MR) is 102 cm³/mol. The second kappa shape index (κ2) is 6.80. The smallest absolute Gasteiger partial charge is 0.285 e. The topological polar surface area (TPSA) is 109 Å². The van der Waals surface area contributed by atoms with Crippen LogP contribution in [0.4, 0.5) is 5.82 Å². The second-order valence-corrected chi connectivity index (χ2v) is 5.98. The summed E-state index contributed by atoms with van der Waals surface area (Å²) in [6, 6.07) is 17.3. The van der Waals surface area contributed by atoms with Crippen LogP contribution >= 0.6 is 0 Å². The molecule has 2 aromatic carbocycles. The van der Waals surface area contributed by atoms with Crippen molar-refractivity contribution in [2.75, 3.05) is 5.73 Å². The van der Waals surface area contributed by atoms with Crippen LogP contribution in [0.25, 0.3) is 16.8 Å². The van der Waals surface area contributed by atoms with Gasteiger partial charge in [0.05, 0.1) is 0 Å². The summed E-state index contributed by atoms with van der Waals surface area (Å²) in [5.41, 5.74) is 14.4. The fourth-order valence-corrected chi connectivity index (χ4v) is 2.91. The Balaban J connectivity index is 1.73. The van der Waals surface area contributed by atoms with Gasteiger partial charge < -0.3 is 16.2 Å². The number of fused-ring (bicyclic) bond motifs is 1. The molecule has 0 bridgehead atoms. The maximum atomic E-state index is 11.8. The molecule has 4 N–H and O–H groups in total. The molecule has 0 fully saturated rings. The first-order valence-corrected chi connectivity index (χ1v) is 8.33. The van der Waals surface area contributed by atoms with Gasteiger partial charge in [0, 0.05) is 18.0 Å². The Hall–Kier alpha value is -3.87. The minimum absolute atomic E-state index is 0.102. The maximum Gasteiger partial charge on any atom is 0.285 e. The minimum atomic E-state index is -0.640. The van der Waals surface area contributed by atoms with E-state index < -0.39 is 5.91 Å². The first kappa shape index (κ1) is 16.6. The number of carbonyl (C=O) groups excluding carboxylic acids is 1. The Kier molecular flexibility index (Phi) is 4.18. The number of primary amides is 1. The lowest BCUT2D eigenvalue weighted by molar-refractivity contribution is 0.0990. The monoisotopic (exact) mass is 359 g/mol. The molecular weight excluding hydrogens is 342 g/mol. The van der Waals surface area contributed by atoms with Crippen molar-refractivity contribution in [1.29, 1.82) is 0 Å². The molecule has 4 aromatic rings. The largest absolute Gasteiger partial charge is 0.489 e. The van der Waals surface area contributed by atoms with Gasteiger partial charge in [0.1, 0.15) is 29.4 Å². The van der Waals surface area contributed by atoms with E-state index in [1.807, 2.05) is 54.6 Å². The predicted octanol–water partition coefficient (Wildman–Crippen LogP) is 2.66. The minimum Gasteiger partial charge on any atom is -0.489 e. The number of nitrogens with two attached hydrogens (primary N) is 2. The molecule has 7 nitrogen and oxygen atoms in total. The number of hydrogen-bond acceptors (Lipinski definition) is 5. The van der Waals surface area contributed by atoms with E-state index >= 15 is 0 Å². The molecule has 134 valence electrons. The SMILES string of the molecule is NC(=O)c1nc(-c2cccc(OCc3ccccc3)c2)c2c(N)nccn12. The van der Waals surface area contributed by atoms with Crippen LogP contribution < -0.4 is 16.2 Å². The van der Waals surface area contributed by atoms with Crippen LogP contribution in [-0.4, -0.2) is 20.3 Å². The maximum absolute atomic E-state index is 11.8. The number of nitrogen functional groups attached to an aromatic ring is 1. The van der Waals surface area contributed by atoms with Crippen molar-refractivity contribution in [2.45, 2.75) is 6.61 Å². The number of nitrogens with zero attached hydrogens (tertiary/aromatic N) is 3. The van der Waals surface area contributed by atoms with E-state index in [2.05, 4.69) is 9.97 Å². The molecule has 0 saturated carbocycles. The number of amides is 1. The van der Waals surface area contributed by atoms with Crippen LogP contribution in [0.3, 0.4) is 0 Å². The molecule has 0 saturated heterocycles. The van der Waals surface area contributed by atoms with E-state index in [1.54, 1.807) is 10.6 Å². The van der Waals surface area contributed by atoms with Crippen LogP contribution in [0.5, 0.6) is 5.75 Å². The number of hydrogen-bond donors (Lipinski definition) is 2. The van der Waals surface area contributed by atoms with Gasteiger partial charge in [-0.3, -0.25) is 9.20 Å². The molecule has 0 unspecified atom stereocenters. The van der Waals surface area contributed by atoms with E-state index in [-0.39, 0.29) is 11.6 Å². The van der Waals surface area contributed by atoms with Crippen LogP contribution in [0, 0.1) is 0 Å². The Labute approximate surface area is 155 Å². The Bertz CT molecular complexity index is 1120. The highest BCUT2D eigenvalue weighted by atomic mass is 16.5. The van der Waals surface area contributed by atoms with E-state index in [4.69, 9.17) is 16.2 Å². The van der Waals surface area contributed by atoms with Gasteiger partial charge in [0.25, 0.3) is 5.91 Å². The fourth-order valence-electron chi connectivity index (χ4n) is 2.91. The number of benzene rings is 2. The van der Waals surface area contributed by atoms with Crippen LogP contribution in [-0.2, 0) is 6.61 Å². The van der Waals surface area contributed by atoms with Crippen molar-refractivity contribution in [3.63, 3.8) is 0 Å². The summed E-state index contributed by atoms with van der Waals surface area (Å²) in [5.74, 6) is 0.409. The van der Waals surface area contributed by atoms with Crippen molar-refractivity contribution in [2.24, 2.45) is 5.73 Å². The Morgan fingerprint density at radius 1 is 1.11 bits per heavy atom. The Morgan fingerprint density at radius 2 is 1.93 bits per heavy atom. The average molecular weight is 359 g/mol. The van der Waals surface area contributed by atoms with Crippen molar-refractivity contribution in [1.82, 2.24) is 14.4 Å². The summed E-state index contributed by atoms with van der Waals surface area (Å²) in [6.45, 7) is 0.449. The van der Waals surface area contributed by atoms with Crippen molar-refractivity contribution in [3.8, 4) is 17.0 Å². The molecule has 0 aliphatic carbocycles. The summed E-state index contributed by atoms with van der Waals surface area (Å²) < 4.78 is 7.43. The molecule has 1 amide bonds. The zero-order chi connectivity index (χ0) is 18.8. The number of carbonyl (C=O) groups is 1. The van der Waals surface area contributed by atoms with Crippen LogP contribution in [0.1, 0.15) is 16.2 Å². The highest BCUT2D eigenvalue weighted by Gasteiger charge is 2.19. The normalized spacial score (nSPS) is 10.8. The van der Waals surface area contributed by atoms with E-state index in [0.29, 0.717) is 23.6 Å². The molecule has 2 aromatic heterocycles. The molecule has 27 heavy (non-hydrogen) atoms. The first-order valence-electron chi connectivity index (χ1n) is 8.33. The highest BCUT2D eigenvalue weighted by molar-refractivity contribution is 5.95. The number of ether oxygens (including phenoxy) is 1. The third kappa shape index (κ3) is 3.18. The fraction of sp³-hybridized carbons (Fsp3) is 0.0500. The van der Waals surface area contributed by atoms with Gasteiger partial charge in [-0.1, -0.05) is 42.5 Å². The number of anilines is 1. The van der Waals surface area contributed by atoms with Gasteiger partial charge in [0.2, 0.25) is 5.82 Å². The number of rotatable bonds is 5. The van der Waals surface area contributed by atoms with Gasteiger partial charge in [-0.15, -0.1) is 0 Å². The summed E-state index contributed by atoms with van der Waals surface area (Å²) >= 11 is 0. The van der Waals surface area contributed by atoms with E-state index in [0.717, 1.165) is 11.1 Å². The summed E-state index contributed by atoms with van der Waals surface area (Å²) in [7, 11) is 0. The number of imidazole rings is 1. The van der Waals surface area contributed by atoms with Gasteiger partial charge >= 0.3 is 0 Å².